The number of nitrogens with one attached hydrogen (secondary N) is 1. The van der Waals surface area contributed by atoms with Crippen LogP contribution in [0.2, 0.25) is 0 Å². The van der Waals surface area contributed by atoms with Gasteiger partial charge in [0.2, 0.25) is 0 Å². The molecule has 1 aromatic rings. The number of hydrogen-bond donors (Lipinski definition) is 2. The Labute approximate surface area is 108 Å². The topological polar surface area (TPSA) is 74.7 Å². The quantitative estimate of drug-likeness (QED) is 0.855. The molecule has 96 valence electrons. The minimum Gasteiger partial charge on any atom is -0.377 e. The molecular weight excluding hydrogens is 224 g/mol. The van der Waals surface area contributed by atoms with Gasteiger partial charge in [0, 0.05) is 6.54 Å². The van der Waals surface area contributed by atoms with Gasteiger partial charge in [-0.2, -0.15) is 5.26 Å². The number of anilines is 1. The molecule has 4 nitrogen and oxygen atoms in total. The summed E-state index contributed by atoms with van der Waals surface area (Å²) in [6, 6.07) is 5.67. The van der Waals surface area contributed by atoms with Crippen LogP contribution < -0.4 is 11.1 Å². The average molecular weight is 244 g/mol. The molecule has 18 heavy (non-hydrogen) atoms. The summed E-state index contributed by atoms with van der Waals surface area (Å²) in [5, 5.41) is 12.3. The average Bonchev–Trinajstić information content (AvgIpc) is 2.42. The Morgan fingerprint density at radius 2 is 2.39 bits per heavy atom. The maximum Gasteiger partial charge on any atom is 0.140 e. The first kappa shape index (κ1) is 12.8. The second-order valence-corrected chi connectivity index (χ2v) is 5.18. The van der Waals surface area contributed by atoms with Gasteiger partial charge in [0.1, 0.15) is 11.8 Å². The molecule has 0 amide bonds. The van der Waals surface area contributed by atoms with Gasteiger partial charge in [-0.3, -0.25) is 0 Å². The Hall–Kier alpha value is -1.60. The monoisotopic (exact) mass is 244 g/mol. The summed E-state index contributed by atoms with van der Waals surface area (Å²) in [5.74, 6) is 0.562. The largest absolute Gasteiger partial charge is 0.377 e. The van der Waals surface area contributed by atoms with Crippen molar-refractivity contribution < 1.29 is 0 Å². The van der Waals surface area contributed by atoms with Crippen molar-refractivity contribution in [1.29, 1.82) is 5.26 Å². The van der Waals surface area contributed by atoms with Gasteiger partial charge in [-0.25, -0.2) is 4.98 Å². The van der Waals surface area contributed by atoms with Crippen LogP contribution in [0.25, 0.3) is 0 Å². The molecule has 1 aliphatic carbocycles. The molecule has 1 fully saturated rings. The highest BCUT2D eigenvalue weighted by Gasteiger charge is 2.36. The predicted molar refractivity (Wildman–Crippen MR) is 72.0 cm³/mol. The van der Waals surface area contributed by atoms with E-state index in [-0.39, 0.29) is 5.54 Å². The summed E-state index contributed by atoms with van der Waals surface area (Å²) < 4.78 is 0. The first-order valence-electron chi connectivity index (χ1n) is 6.54. The summed E-state index contributed by atoms with van der Waals surface area (Å²) >= 11 is 0. The standard InChI is InChI=1S/C14H20N4/c1-11-4-2-3-7-14(11,10-16)18-13-6-5-12(8-15)17-9-13/h5-6,9,11,18H,2-4,7,10,16H2,1H3. The third-order valence-corrected chi connectivity index (χ3v) is 4.09. The zero-order valence-corrected chi connectivity index (χ0v) is 10.8. The smallest absolute Gasteiger partial charge is 0.140 e. The number of pyridine rings is 1. The molecule has 4 heteroatoms. The lowest BCUT2D eigenvalue weighted by atomic mass is 9.73. The van der Waals surface area contributed by atoms with Crippen molar-refractivity contribution in [2.24, 2.45) is 11.7 Å². The van der Waals surface area contributed by atoms with E-state index in [9.17, 15) is 0 Å². The molecule has 1 aliphatic rings. The molecule has 2 unspecified atom stereocenters. The van der Waals surface area contributed by atoms with Crippen LogP contribution in [0.15, 0.2) is 18.3 Å². The van der Waals surface area contributed by atoms with Crippen LogP contribution in [0.4, 0.5) is 5.69 Å². The summed E-state index contributed by atoms with van der Waals surface area (Å²) in [7, 11) is 0. The molecule has 3 N–H and O–H groups in total. The second kappa shape index (κ2) is 5.36. The van der Waals surface area contributed by atoms with Crippen LogP contribution in [0.3, 0.4) is 0 Å². The molecule has 0 bridgehead atoms. The minimum atomic E-state index is -0.0198. The molecule has 1 aromatic heterocycles. The second-order valence-electron chi connectivity index (χ2n) is 5.18. The lowest BCUT2D eigenvalue weighted by Gasteiger charge is -2.43. The van der Waals surface area contributed by atoms with Crippen molar-refractivity contribution in [3.63, 3.8) is 0 Å². The van der Waals surface area contributed by atoms with E-state index in [0.717, 1.165) is 12.1 Å². The molecule has 1 heterocycles. The first-order valence-corrected chi connectivity index (χ1v) is 6.54. The maximum atomic E-state index is 8.74. The number of hydrogen-bond acceptors (Lipinski definition) is 4. The van der Waals surface area contributed by atoms with E-state index in [4.69, 9.17) is 11.0 Å². The molecule has 0 radical (unpaired) electrons. The van der Waals surface area contributed by atoms with E-state index < -0.39 is 0 Å². The predicted octanol–water partition coefficient (Wildman–Crippen LogP) is 2.27. The highest BCUT2D eigenvalue weighted by molar-refractivity contribution is 5.45. The fraction of sp³-hybridized carbons (Fsp3) is 0.571. The van der Waals surface area contributed by atoms with E-state index in [1.807, 2.05) is 12.1 Å². The van der Waals surface area contributed by atoms with Crippen LogP contribution >= 0.6 is 0 Å². The van der Waals surface area contributed by atoms with E-state index in [0.29, 0.717) is 18.2 Å². The van der Waals surface area contributed by atoms with Crippen molar-refractivity contribution in [1.82, 2.24) is 4.98 Å². The van der Waals surface area contributed by atoms with E-state index >= 15 is 0 Å². The molecule has 2 rings (SSSR count). The van der Waals surface area contributed by atoms with Gasteiger partial charge < -0.3 is 11.1 Å². The van der Waals surface area contributed by atoms with Crippen molar-refractivity contribution in [3.8, 4) is 6.07 Å². The number of nitrogens with zero attached hydrogens (tertiary/aromatic N) is 2. The number of aromatic nitrogens is 1. The SMILES string of the molecule is CC1CCCCC1(CN)Nc1ccc(C#N)nc1. The lowest BCUT2D eigenvalue weighted by molar-refractivity contribution is 0.235. The minimum absolute atomic E-state index is 0.0198. The van der Waals surface area contributed by atoms with Gasteiger partial charge in [0.25, 0.3) is 0 Å². The zero-order valence-electron chi connectivity index (χ0n) is 10.8. The Balaban J connectivity index is 2.16. The third-order valence-electron chi connectivity index (χ3n) is 4.09. The first-order chi connectivity index (χ1) is 8.70. The summed E-state index contributed by atoms with van der Waals surface area (Å²) in [5.41, 5.74) is 7.37. The van der Waals surface area contributed by atoms with Gasteiger partial charge in [-0.1, -0.05) is 19.8 Å². The van der Waals surface area contributed by atoms with E-state index in [1.165, 1.54) is 19.3 Å². The molecular formula is C14H20N4. The third kappa shape index (κ3) is 2.46. The van der Waals surface area contributed by atoms with Crippen LogP contribution in [-0.4, -0.2) is 17.1 Å². The number of nitriles is 1. The lowest BCUT2D eigenvalue weighted by Crippen LogP contribution is -2.52. The van der Waals surface area contributed by atoms with Gasteiger partial charge in [-0.15, -0.1) is 0 Å². The van der Waals surface area contributed by atoms with Gasteiger partial charge in [0.15, 0.2) is 0 Å². The van der Waals surface area contributed by atoms with Crippen molar-refractivity contribution in [3.05, 3.63) is 24.0 Å². The molecule has 2 atom stereocenters. The Morgan fingerprint density at radius 1 is 1.56 bits per heavy atom. The highest BCUT2D eigenvalue weighted by atomic mass is 15.0. The fourth-order valence-electron chi connectivity index (χ4n) is 2.78. The van der Waals surface area contributed by atoms with Gasteiger partial charge in [0.05, 0.1) is 17.4 Å². The molecule has 1 saturated carbocycles. The maximum absolute atomic E-state index is 8.74. The Bertz CT molecular complexity index is 434. The van der Waals surface area contributed by atoms with Crippen molar-refractivity contribution >= 4 is 5.69 Å². The number of rotatable bonds is 3. The summed E-state index contributed by atoms with van der Waals surface area (Å²) in [6.45, 7) is 2.89. The zero-order chi connectivity index (χ0) is 13.0. The van der Waals surface area contributed by atoms with Crippen molar-refractivity contribution in [2.45, 2.75) is 38.1 Å². The highest BCUT2D eigenvalue weighted by Crippen LogP contribution is 2.35. The summed E-state index contributed by atoms with van der Waals surface area (Å²) in [4.78, 5) is 4.09. The fourth-order valence-corrected chi connectivity index (χ4v) is 2.78. The Morgan fingerprint density at radius 3 is 2.94 bits per heavy atom. The van der Waals surface area contributed by atoms with Crippen LogP contribution in [0.5, 0.6) is 0 Å². The summed E-state index contributed by atoms with van der Waals surface area (Å²) in [6.07, 6.45) is 6.55. The van der Waals surface area contributed by atoms with E-state index in [2.05, 4.69) is 17.2 Å². The van der Waals surface area contributed by atoms with Crippen LogP contribution in [0, 0.1) is 17.2 Å². The Kier molecular flexibility index (Phi) is 3.83. The molecule has 0 saturated heterocycles. The van der Waals surface area contributed by atoms with Crippen LogP contribution in [0.1, 0.15) is 38.3 Å². The van der Waals surface area contributed by atoms with Crippen LogP contribution in [-0.2, 0) is 0 Å². The van der Waals surface area contributed by atoms with Gasteiger partial charge >= 0.3 is 0 Å². The van der Waals surface area contributed by atoms with E-state index in [1.54, 1.807) is 12.3 Å². The molecule has 0 spiro atoms. The number of nitrogens with two attached hydrogens (primary N) is 1. The molecule has 0 aliphatic heterocycles. The van der Waals surface area contributed by atoms with Gasteiger partial charge in [-0.05, 0) is 30.9 Å². The van der Waals surface area contributed by atoms with Crippen molar-refractivity contribution in [2.75, 3.05) is 11.9 Å². The molecule has 0 aromatic carbocycles. The normalized spacial score (nSPS) is 27.5.